The van der Waals surface area contributed by atoms with E-state index >= 15 is 0 Å². The van der Waals surface area contributed by atoms with Crippen LogP contribution in [0.5, 0.6) is 0 Å². The molecule has 2 aromatic heterocycles. The van der Waals surface area contributed by atoms with Gasteiger partial charge in [0, 0.05) is 23.8 Å². The maximum atomic E-state index is 12.4. The Morgan fingerprint density at radius 3 is 2.59 bits per heavy atom. The molecule has 0 bridgehead atoms. The monoisotopic (exact) mass is 411 g/mol. The fourth-order valence-electron chi connectivity index (χ4n) is 2.84. The minimum Gasteiger partial charge on any atom is -0.275 e. The van der Waals surface area contributed by atoms with Gasteiger partial charge in [0.1, 0.15) is 4.90 Å². The zero-order valence-electron chi connectivity index (χ0n) is 14.6. The number of sulfonamides is 1. The Balaban J connectivity index is 1.84. The van der Waals surface area contributed by atoms with Crippen molar-refractivity contribution < 1.29 is 21.6 Å². The molecule has 0 fully saturated rings. The highest BCUT2D eigenvalue weighted by molar-refractivity contribution is 7.93. The van der Waals surface area contributed by atoms with Gasteiger partial charge in [0.2, 0.25) is 5.95 Å². The smallest absolute Gasteiger partial charge is 0.275 e. The molecule has 0 atom stereocenters. The summed E-state index contributed by atoms with van der Waals surface area (Å²) in [4.78, 5) is 23.5. The molecule has 0 spiro atoms. The largest absolute Gasteiger partial charge is 0.335 e. The van der Waals surface area contributed by atoms with Crippen molar-refractivity contribution in [1.29, 1.82) is 0 Å². The van der Waals surface area contributed by atoms with Crippen molar-refractivity contribution in [3.05, 3.63) is 35.3 Å². The molecular formula is C15H17N5O5S2. The van der Waals surface area contributed by atoms with Gasteiger partial charge in [-0.25, -0.2) is 41.3 Å². The summed E-state index contributed by atoms with van der Waals surface area (Å²) in [6, 6.07) is 1.21. The van der Waals surface area contributed by atoms with Crippen LogP contribution in [0.25, 0.3) is 0 Å². The van der Waals surface area contributed by atoms with Gasteiger partial charge in [-0.2, -0.15) is 0 Å². The molecular weight excluding hydrogens is 394 g/mol. The van der Waals surface area contributed by atoms with Gasteiger partial charge in [0.05, 0.1) is 0 Å². The van der Waals surface area contributed by atoms with Crippen molar-refractivity contribution in [3.8, 4) is 0 Å². The Morgan fingerprint density at radius 1 is 1.15 bits per heavy atom. The zero-order valence-corrected chi connectivity index (χ0v) is 16.2. The molecule has 0 aliphatic heterocycles. The van der Waals surface area contributed by atoms with Gasteiger partial charge in [-0.05, 0) is 43.9 Å². The third-order valence-electron chi connectivity index (χ3n) is 3.97. The molecule has 10 nitrogen and oxygen atoms in total. The number of sulfone groups is 1. The molecule has 3 rings (SSSR count). The van der Waals surface area contributed by atoms with Gasteiger partial charge in [-0.1, -0.05) is 0 Å². The first-order chi connectivity index (χ1) is 12.6. The summed E-state index contributed by atoms with van der Waals surface area (Å²) < 4.78 is 50.1. The van der Waals surface area contributed by atoms with E-state index < -0.39 is 35.8 Å². The van der Waals surface area contributed by atoms with Crippen LogP contribution < -0.4 is 10.0 Å². The first kappa shape index (κ1) is 19.2. The van der Waals surface area contributed by atoms with E-state index in [0.717, 1.165) is 54.7 Å². The summed E-state index contributed by atoms with van der Waals surface area (Å²) in [5, 5.41) is 1.63. The number of aryl methyl sites for hydroxylation is 2. The second kappa shape index (κ2) is 6.85. The number of carbonyl (C=O) groups excluding carboxylic acids is 1. The minimum atomic E-state index is -4.47. The molecule has 12 heteroatoms. The van der Waals surface area contributed by atoms with Crippen LogP contribution in [0.2, 0.25) is 0 Å². The SMILES string of the molecule is Cc1nc(NC(=O)NS(=O)(=O)c2cccnc2S(C)(=O)=O)nc2c1CCC2. The molecule has 1 aliphatic rings. The summed E-state index contributed by atoms with van der Waals surface area (Å²) in [6.07, 6.45) is 4.56. The van der Waals surface area contributed by atoms with Crippen LogP contribution in [-0.4, -0.2) is 44.1 Å². The molecule has 144 valence electrons. The van der Waals surface area contributed by atoms with Gasteiger partial charge in [-0.15, -0.1) is 0 Å². The molecule has 2 aromatic rings. The van der Waals surface area contributed by atoms with E-state index in [0.29, 0.717) is 0 Å². The number of carbonyl (C=O) groups is 1. The summed E-state index contributed by atoms with van der Waals surface area (Å²) in [6.45, 7) is 1.79. The second-order valence-electron chi connectivity index (χ2n) is 6.05. The van der Waals surface area contributed by atoms with Gasteiger partial charge < -0.3 is 0 Å². The van der Waals surface area contributed by atoms with E-state index in [1.54, 1.807) is 11.6 Å². The topological polar surface area (TPSA) is 148 Å². The maximum absolute atomic E-state index is 12.4. The number of nitrogens with zero attached hydrogens (tertiary/aromatic N) is 3. The van der Waals surface area contributed by atoms with E-state index in [1.165, 1.54) is 6.07 Å². The third kappa shape index (κ3) is 4.06. The summed E-state index contributed by atoms with van der Waals surface area (Å²) in [5.41, 5.74) is 2.59. The number of anilines is 1. The Labute approximate surface area is 156 Å². The third-order valence-corrected chi connectivity index (χ3v) is 6.49. The molecule has 2 amide bonds. The summed E-state index contributed by atoms with van der Waals surface area (Å²) >= 11 is 0. The van der Waals surface area contributed by atoms with Crippen LogP contribution in [0.3, 0.4) is 0 Å². The number of urea groups is 1. The number of aromatic nitrogens is 3. The Hall–Kier alpha value is -2.60. The fourth-order valence-corrected chi connectivity index (χ4v) is 5.25. The van der Waals surface area contributed by atoms with Crippen LogP contribution in [0.4, 0.5) is 10.7 Å². The van der Waals surface area contributed by atoms with Gasteiger partial charge >= 0.3 is 6.03 Å². The average Bonchev–Trinajstić information content (AvgIpc) is 3.02. The van der Waals surface area contributed by atoms with Crippen LogP contribution >= 0.6 is 0 Å². The van der Waals surface area contributed by atoms with Crippen LogP contribution in [0, 0.1) is 6.92 Å². The quantitative estimate of drug-likeness (QED) is 0.742. The highest BCUT2D eigenvalue weighted by Gasteiger charge is 2.27. The zero-order chi connectivity index (χ0) is 19.8. The van der Waals surface area contributed by atoms with Crippen molar-refractivity contribution >= 4 is 31.8 Å². The fraction of sp³-hybridized carbons (Fsp3) is 0.333. The molecule has 2 N–H and O–H groups in total. The number of nitrogens with one attached hydrogen (secondary N) is 2. The van der Waals surface area contributed by atoms with Gasteiger partial charge in [-0.3, -0.25) is 5.32 Å². The summed E-state index contributed by atoms with van der Waals surface area (Å²) in [7, 11) is -8.38. The normalized spacial score (nSPS) is 13.9. The Kier molecular flexibility index (Phi) is 4.86. The van der Waals surface area contributed by atoms with Crippen LogP contribution in [-0.2, 0) is 32.7 Å². The molecule has 0 aromatic carbocycles. The van der Waals surface area contributed by atoms with E-state index in [9.17, 15) is 21.6 Å². The molecule has 27 heavy (non-hydrogen) atoms. The number of rotatable bonds is 4. The Morgan fingerprint density at radius 2 is 1.89 bits per heavy atom. The molecule has 0 unspecified atom stereocenters. The van der Waals surface area contributed by atoms with Crippen molar-refractivity contribution in [2.24, 2.45) is 0 Å². The van der Waals surface area contributed by atoms with Gasteiger partial charge in [0.15, 0.2) is 14.9 Å². The average molecular weight is 411 g/mol. The van der Waals surface area contributed by atoms with Gasteiger partial charge in [0.25, 0.3) is 10.0 Å². The van der Waals surface area contributed by atoms with Crippen molar-refractivity contribution in [2.75, 3.05) is 11.6 Å². The lowest BCUT2D eigenvalue weighted by Crippen LogP contribution is -2.35. The number of hydrogen-bond donors (Lipinski definition) is 2. The number of fused-ring (bicyclic) bond motifs is 1. The molecule has 0 radical (unpaired) electrons. The second-order valence-corrected chi connectivity index (χ2v) is 9.63. The van der Waals surface area contributed by atoms with E-state index in [2.05, 4.69) is 20.3 Å². The van der Waals surface area contributed by atoms with Crippen molar-refractivity contribution in [3.63, 3.8) is 0 Å². The van der Waals surface area contributed by atoms with Crippen LogP contribution in [0.15, 0.2) is 28.3 Å². The molecule has 0 saturated heterocycles. The van der Waals surface area contributed by atoms with Crippen LogP contribution in [0.1, 0.15) is 23.4 Å². The predicted octanol–water partition coefficient (Wildman–Crippen LogP) is 0.583. The highest BCUT2D eigenvalue weighted by Crippen LogP contribution is 2.23. The molecule has 0 saturated carbocycles. The lowest BCUT2D eigenvalue weighted by Gasteiger charge is -2.11. The number of pyridine rings is 1. The van der Waals surface area contributed by atoms with E-state index in [4.69, 9.17) is 0 Å². The minimum absolute atomic E-state index is 0.0182. The first-order valence-corrected chi connectivity index (χ1v) is 11.3. The molecule has 2 heterocycles. The standard InChI is InChI=1S/C15H17N5O5S2/c1-9-10-5-3-6-11(10)18-14(17-9)19-15(21)20-27(24,25)12-7-4-8-16-13(12)26(2,22)23/h4,7-8H,3,5-6H2,1-2H3,(H2,17,18,19,20,21). The van der Waals surface area contributed by atoms with E-state index in [-0.39, 0.29) is 5.95 Å². The highest BCUT2D eigenvalue weighted by atomic mass is 32.2. The lowest BCUT2D eigenvalue weighted by atomic mass is 10.2. The summed E-state index contributed by atoms with van der Waals surface area (Å²) in [5.74, 6) is -0.0182. The Bertz CT molecular complexity index is 1130. The van der Waals surface area contributed by atoms with Crippen molar-refractivity contribution in [1.82, 2.24) is 19.7 Å². The van der Waals surface area contributed by atoms with Crippen molar-refractivity contribution in [2.45, 2.75) is 36.1 Å². The maximum Gasteiger partial charge on any atom is 0.335 e. The van der Waals surface area contributed by atoms with E-state index in [1.807, 2.05) is 0 Å². The number of hydrogen-bond acceptors (Lipinski definition) is 8. The first-order valence-electron chi connectivity index (χ1n) is 7.93. The predicted molar refractivity (Wildman–Crippen MR) is 95.5 cm³/mol. The molecule has 1 aliphatic carbocycles. The number of amides is 2. The lowest BCUT2D eigenvalue weighted by molar-refractivity contribution is 0.256.